The SMILES string of the molecule is C=C/C=C(\C=C(/CC(=O)O)C(F)(F)F)C(=C)F. The molecule has 0 spiro atoms. The van der Waals surface area contributed by atoms with Crippen molar-refractivity contribution >= 4 is 5.97 Å². The van der Waals surface area contributed by atoms with Gasteiger partial charge in [-0.1, -0.05) is 25.3 Å². The summed E-state index contributed by atoms with van der Waals surface area (Å²) in [5.74, 6) is -2.76. The zero-order chi connectivity index (χ0) is 13.6. The molecule has 0 aliphatic carbocycles. The highest BCUT2D eigenvalue weighted by Crippen LogP contribution is 2.30. The molecule has 6 heteroatoms. The van der Waals surface area contributed by atoms with E-state index in [-0.39, 0.29) is 0 Å². The first-order valence-electron chi connectivity index (χ1n) is 4.35. The Bertz CT molecular complexity index is 389. The normalized spacial score (nSPS) is 13.4. The zero-order valence-electron chi connectivity index (χ0n) is 8.72. The predicted molar refractivity (Wildman–Crippen MR) is 54.9 cm³/mol. The van der Waals surface area contributed by atoms with Crippen LogP contribution in [-0.4, -0.2) is 17.3 Å². The number of hydrogen-bond acceptors (Lipinski definition) is 1. The van der Waals surface area contributed by atoms with Crippen molar-refractivity contribution in [2.24, 2.45) is 0 Å². The molecule has 0 fully saturated rings. The topological polar surface area (TPSA) is 37.3 Å². The van der Waals surface area contributed by atoms with Crippen LogP contribution in [0, 0.1) is 0 Å². The molecular formula is C11H10F4O2. The van der Waals surface area contributed by atoms with E-state index < -0.39 is 35.5 Å². The second kappa shape index (κ2) is 6.03. The van der Waals surface area contributed by atoms with Crippen LogP contribution in [0.25, 0.3) is 0 Å². The Hall–Kier alpha value is -1.85. The summed E-state index contributed by atoms with van der Waals surface area (Å²) >= 11 is 0. The average Bonchev–Trinajstić information content (AvgIpc) is 2.13. The van der Waals surface area contributed by atoms with Crippen LogP contribution in [0.5, 0.6) is 0 Å². The fourth-order valence-corrected chi connectivity index (χ4v) is 0.928. The molecule has 0 atom stereocenters. The van der Waals surface area contributed by atoms with Crippen LogP contribution in [0.15, 0.2) is 48.4 Å². The molecular weight excluding hydrogens is 240 g/mol. The average molecular weight is 250 g/mol. The van der Waals surface area contributed by atoms with E-state index in [4.69, 9.17) is 5.11 Å². The van der Waals surface area contributed by atoms with E-state index >= 15 is 0 Å². The number of carboxylic acid groups (broad SMARTS) is 1. The lowest BCUT2D eigenvalue weighted by Gasteiger charge is -2.10. The fourth-order valence-electron chi connectivity index (χ4n) is 0.928. The largest absolute Gasteiger partial charge is 0.481 e. The van der Waals surface area contributed by atoms with E-state index in [0.29, 0.717) is 6.08 Å². The van der Waals surface area contributed by atoms with Crippen LogP contribution >= 0.6 is 0 Å². The summed E-state index contributed by atoms with van der Waals surface area (Å²) in [4.78, 5) is 10.3. The Morgan fingerprint density at radius 3 is 2.18 bits per heavy atom. The van der Waals surface area contributed by atoms with Gasteiger partial charge in [0.05, 0.1) is 6.42 Å². The third kappa shape index (κ3) is 5.70. The van der Waals surface area contributed by atoms with E-state index in [9.17, 15) is 22.4 Å². The van der Waals surface area contributed by atoms with Gasteiger partial charge in [-0.3, -0.25) is 4.79 Å². The van der Waals surface area contributed by atoms with Gasteiger partial charge in [-0.2, -0.15) is 13.2 Å². The summed E-state index contributed by atoms with van der Waals surface area (Å²) in [6, 6.07) is 0. The molecule has 0 saturated heterocycles. The van der Waals surface area contributed by atoms with Crippen LogP contribution in [0.2, 0.25) is 0 Å². The van der Waals surface area contributed by atoms with Crippen molar-refractivity contribution in [3.8, 4) is 0 Å². The lowest BCUT2D eigenvalue weighted by atomic mass is 10.1. The predicted octanol–water partition coefficient (Wildman–Crippen LogP) is 3.55. The first-order valence-corrected chi connectivity index (χ1v) is 4.35. The summed E-state index contributed by atoms with van der Waals surface area (Å²) in [5, 5.41) is 8.33. The maximum Gasteiger partial charge on any atom is 0.413 e. The van der Waals surface area contributed by atoms with Gasteiger partial charge < -0.3 is 5.11 Å². The van der Waals surface area contributed by atoms with Gasteiger partial charge in [0.15, 0.2) is 0 Å². The van der Waals surface area contributed by atoms with Crippen LogP contribution in [-0.2, 0) is 4.79 Å². The Balaban J connectivity index is 5.42. The second-order valence-electron chi connectivity index (χ2n) is 3.00. The van der Waals surface area contributed by atoms with Crippen LogP contribution < -0.4 is 0 Å². The summed E-state index contributed by atoms with van der Waals surface area (Å²) in [6.07, 6.45) is -3.64. The number of carbonyl (C=O) groups is 1. The first-order chi connectivity index (χ1) is 7.68. The molecule has 17 heavy (non-hydrogen) atoms. The van der Waals surface area contributed by atoms with E-state index in [1.165, 1.54) is 0 Å². The summed E-state index contributed by atoms with van der Waals surface area (Å²) in [5.41, 5.74) is -1.83. The van der Waals surface area contributed by atoms with E-state index in [1.54, 1.807) is 0 Å². The van der Waals surface area contributed by atoms with Crippen molar-refractivity contribution < 1.29 is 27.5 Å². The smallest absolute Gasteiger partial charge is 0.413 e. The first kappa shape index (κ1) is 15.2. The summed E-state index contributed by atoms with van der Waals surface area (Å²) in [6.45, 7) is 6.05. The van der Waals surface area contributed by atoms with Gasteiger partial charge in [0, 0.05) is 11.1 Å². The van der Waals surface area contributed by atoms with Crippen molar-refractivity contribution in [1.82, 2.24) is 0 Å². The number of aliphatic carboxylic acids is 1. The molecule has 0 aliphatic heterocycles. The second-order valence-corrected chi connectivity index (χ2v) is 3.00. The van der Waals surface area contributed by atoms with Gasteiger partial charge in [0.1, 0.15) is 5.83 Å². The molecule has 0 amide bonds. The number of allylic oxidation sites excluding steroid dienone is 5. The molecule has 0 unspecified atom stereocenters. The minimum atomic E-state index is -4.84. The number of halogens is 4. The zero-order valence-corrected chi connectivity index (χ0v) is 8.72. The molecule has 2 nitrogen and oxygen atoms in total. The molecule has 0 saturated carbocycles. The quantitative estimate of drug-likeness (QED) is 0.598. The van der Waals surface area contributed by atoms with Crippen molar-refractivity contribution in [3.05, 3.63) is 48.4 Å². The van der Waals surface area contributed by atoms with Crippen LogP contribution in [0.3, 0.4) is 0 Å². The van der Waals surface area contributed by atoms with E-state index in [1.807, 2.05) is 0 Å². The minimum Gasteiger partial charge on any atom is -0.481 e. The molecule has 0 aliphatic rings. The molecule has 0 aromatic heterocycles. The van der Waals surface area contributed by atoms with Crippen LogP contribution in [0.1, 0.15) is 6.42 Å². The molecule has 0 radical (unpaired) electrons. The summed E-state index contributed by atoms with van der Waals surface area (Å²) < 4.78 is 50.0. The third-order valence-corrected chi connectivity index (χ3v) is 1.65. The number of rotatable bonds is 5. The lowest BCUT2D eigenvalue weighted by molar-refractivity contribution is -0.139. The molecule has 1 N–H and O–H groups in total. The minimum absolute atomic E-state index is 0.401. The Morgan fingerprint density at radius 1 is 1.35 bits per heavy atom. The van der Waals surface area contributed by atoms with Crippen molar-refractivity contribution in [2.45, 2.75) is 12.6 Å². The van der Waals surface area contributed by atoms with Gasteiger partial charge in [0.25, 0.3) is 0 Å². The molecule has 0 aromatic rings. The van der Waals surface area contributed by atoms with E-state index in [2.05, 4.69) is 13.2 Å². The van der Waals surface area contributed by atoms with E-state index in [0.717, 1.165) is 12.2 Å². The molecule has 0 rings (SSSR count). The fraction of sp³-hybridized carbons (Fsp3) is 0.182. The monoisotopic (exact) mass is 250 g/mol. The lowest BCUT2D eigenvalue weighted by Crippen LogP contribution is -2.15. The van der Waals surface area contributed by atoms with Crippen molar-refractivity contribution in [3.63, 3.8) is 0 Å². The maximum absolute atomic E-state index is 12.8. The Morgan fingerprint density at radius 2 is 1.88 bits per heavy atom. The molecule has 94 valence electrons. The molecule has 0 bridgehead atoms. The van der Waals surface area contributed by atoms with Gasteiger partial charge in [0.2, 0.25) is 0 Å². The third-order valence-electron chi connectivity index (χ3n) is 1.65. The Labute approximate surface area is 95.2 Å². The van der Waals surface area contributed by atoms with Gasteiger partial charge in [-0.05, 0) is 6.08 Å². The van der Waals surface area contributed by atoms with Crippen LogP contribution in [0.4, 0.5) is 17.6 Å². The molecule has 0 aromatic carbocycles. The van der Waals surface area contributed by atoms with Gasteiger partial charge >= 0.3 is 12.1 Å². The number of hydrogen-bond donors (Lipinski definition) is 1. The maximum atomic E-state index is 12.8. The van der Waals surface area contributed by atoms with Crippen molar-refractivity contribution in [1.29, 1.82) is 0 Å². The standard InChI is InChI=1S/C11H10F4O2/c1-3-4-8(7(2)12)5-9(6-10(16)17)11(13,14)15/h3-5H,1-2,6H2,(H,16,17)/b8-4+,9-5+. The number of alkyl halides is 3. The van der Waals surface area contributed by atoms with Gasteiger partial charge in [-0.15, -0.1) is 0 Å². The van der Waals surface area contributed by atoms with Gasteiger partial charge in [-0.25, -0.2) is 4.39 Å². The highest BCUT2D eigenvalue weighted by Gasteiger charge is 2.35. The Kier molecular flexibility index (Phi) is 5.37. The highest BCUT2D eigenvalue weighted by atomic mass is 19.4. The van der Waals surface area contributed by atoms with Crippen molar-refractivity contribution in [2.75, 3.05) is 0 Å². The molecule has 0 heterocycles. The summed E-state index contributed by atoms with van der Waals surface area (Å²) in [7, 11) is 0. The highest BCUT2D eigenvalue weighted by molar-refractivity contribution is 5.70. The number of carboxylic acids is 1.